The summed E-state index contributed by atoms with van der Waals surface area (Å²) in [6.45, 7) is 6.69. The van der Waals surface area contributed by atoms with Gasteiger partial charge in [0.05, 0.1) is 24.0 Å². The minimum atomic E-state index is 0.0610. The molecule has 7 heteroatoms. The average molecular weight is 450 g/mol. The molecule has 3 aliphatic heterocycles. The zero-order valence-electron chi connectivity index (χ0n) is 19.6. The highest BCUT2D eigenvalue weighted by Gasteiger charge is 2.31. The summed E-state index contributed by atoms with van der Waals surface area (Å²) < 4.78 is 0. The number of piperidine rings is 2. The summed E-state index contributed by atoms with van der Waals surface area (Å²) in [5.74, 6) is 0.544. The van der Waals surface area contributed by atoms with Crippen molar-refractivity contribution in [2.24, 2.45) is 0 Å². The molecule has 176 valence electrons. The smallest absolute Gasteiger partial charge is 0.257 e. The van der Waals surface area contributed by atoms with E-state index in [2.05, 4.69) is 40.2 Å². The van der Waals surface area contributed by atoms with E-state index in [0.717, 1.165) is 51.1 Å². The van der Waals surface area contributed by atoms with E-state index < -0.39 is 0 Å². The Labute approximate surface area is 196 Å². The molecule has 1 N–H and O–H groups in total. The van der Waals surface area contributed by atoms with Crippen LogP contribution in [0, 0.1) is 0 Å². The number of benzene rings is 1. The molecule has 33 heavy (non-hydrogen) atoms. The van der Waals surface area contributed by atoms with E-state index in [1.54, 1.807) is 6.20 Å². The maximum absolute atomic E-state index is 13.4. The molecule has 0 saturated carbocycles. The van der Waals surface area contributed by atoms with Gasteiger partial charge in [-0.1, -0.05) is 30.7 Å². The molecule has 5 rings (SSSR count). The highest BCUT2D eigenvalue weighted by Crippen LogP contribution is 2.31. The molecule has 0 spiro atoms. The highest BCUT2D eigenvalue weighted by atomic mass is 16.2. The van der Waals surface area contributed by atoms with Crippen LogP contribution in [0.1, 0.15) is 72.1 Å². The maximum atomic E-state index is 13.4. The Bertz CT molecular complexity index is 994. The van der Waals surface area contributed by atoms with E-state index in [1.807, 2.05) is 15.9 Å². The lowest BCUT2D eigenvalue weighted by Crippen LogP contribution is -2.47. The van der Waals surface area contributed by atoms with Crippen LogP contribution in [0.2, 0.25) is 0 Å². The van der Waals surface area contributed by atoms with Crippen LogP contribution >= 0.6 is 0 Å². The molecule has 0 radical (unpaired) electrons. The number of hydrogen-bond donors (Lipinski definition) is 1. The van der Waals surface area contributed by atoms with Crippen LogP contribution in [-0.4, -0.2) is 75.5 Å². The molecule has 0 aliphatic carbocycles. The number of nitrogens with zero attached hydrogens (tertiary/aromatic N) is 4. The number of carbonyl (C=O) groups excluding carboxylic acids is 2. The Morgan fingerprint density at radius 3 is 2.58 bits per heavy atom. The van der Waals surface area contributed by atoms with Crippen molar-refractivity contribution in [3.8, 4) is 0 Å². The van der Waals surface area contributed by atoms with Crippen molar-refractivity contribution in [1.82, 2.24) is 24.9 Å². The molecule has 3 aliphatic rings. The second kappa shape index (κ2) is 9.67. The van der Waals surface area contributed by atoms with Gasteiger partial charge in [0, 0.05) is 38.1 Å². The van der Waals surface area contributed by atoms with Crippen LogP contribution in [0.3, 0.4) is 0 Å². The van der Waals surface area contributed by atoms with Crippen molar-refractivity contribution in [2.45, 2.75) is 64.0 Å². The Hall–Kier alpha value is -2.67. The van der Waals surface area contributed by atoms with Crippen molar-refractivity contribution in [3.05, 3.63) is 52.8 Å². The molecule has 4 heterocycles. The van der Waals surface area contributed by atoms with Gasteiger partial charge in [-0.15, -0.1) is 0 Å². The van der Waals surface area contributed by atoms with Crippen LogP contribution in [-0.2, 0) is 17.8 Å². The van der Waals surface area contributed by atoms with E-state index in [-0.39, 0.29) is 17.7 Å². The van der Waals surface area contributed by atoms with Gasteiger partial charge >= 0.3 is 0 Å². The number of hydrogen-bond acceptors (Lipinski definition) is 4. The third kappa shape index (κ3) is 4.69. The molecular weight excluding hydrogens is 414 g/mol. The number of nitrogens with one attached hydrogen (secondary N) is 1. The highest BCUT2D eigenvalue weighted by molar-refractivity contribution is 5.95. The first-order valence-electron chi connectivity index (χ1n) is 12.5. The first kappa shape index (κ1) is 22.1. The van der Waals surface area contributed by atoms with Crippen LogP contribution < -0.4 is 0 Å². The molecule has 2 amide bonds. The van der Waals surface area contributed by atoms with Crippen LogP contribution in [0.5, 0.6) is 0 Å². The third-order valence-corrected chi connectivity index (χ3v) is 7.85. The van der Waals surface area contributed by atoms with Crippen molar-refractivity contribution in [3.63, 3.8) is 0 Å². The van der Waals surface area contributed by atoms with Gasteiger partial charge in [-0.2, -0.15) is 5.10 Å². The molecule has 0 unspecified atom stereocenters. The molecule has 7 nitrogen and oxygen atoms in total. The predicted octanol–water partition coefficient (Wildman–Crippen LogP) is 3.19. The summed E-state index contributed by atoms with van der Waals surface area (Å²) in [6.07, 6.45) is 7.97. The minimum Gasteiger partial charge on any atom is -0.342 e. The van der Waals surface area contributed by atoms with Crippen molar-refractivity contribution in [2.75, 3.05) is 32.7 Å². The topological polar surface area (TPSA) is 72.5 Å². The number of likely N-dealkylation sites (tertiary alicyclic amines) is 2. The molecule has 1 atom stereocenters. The zero-order chi connectivity index (χ0) is 22.8. The molecular formula is C26H35N5O2. The van der Waals surface area contributed by atoms with Gasteiger partial charge in [0.1, 0.15) is 0 Å². The van der Waals surface area contributed by atoms with E-state index in [1.165, 1.54) is 30.4 Å². The summed E-state index contributed by atoms with van der Waals surface area (Å²) in [5, 5.41) is 7.36. The summed E-state index contributed by atoms with van der Waals surface area (Å²) in [7, 11) is 0. The number of H-pyrrole nitrogens is 1. The first-order chi connectivity index (χ1) is 16.1. The fourth-order valence-corrected chi connectivity index (χ4v) is 5.70. The quantitative estimate of drug-likeness (QED) is 0.778. The van der Waals surface area contributed by atoms with Gasteiger partial charge in [0.25, 0.3) is 5.91 Å². The average Bonchev–Trinajstić information content (AvgIpc) is 3.35. The van der Waals surface area contributed by atoms with Crippen LogP contribution in [0.4, 0.5) is 0 Å². The van der Waals surface area contributed by atoms with Crippen molar-refractivity contribution < 1.29 is 9.59 Å². The monoisotopic (exact) mass is 449 g/mol. The Kier molecular flexibility index (Phi) is 6.49. The standard InChI is InChI=1S/C26H35N5O2/c1-19-6-4-5-12-30(19)18-24(32)29-13-10-21(11-14-29)25-23(16-27-28-25)26(33)31-15-9-20-7-2-3-8-22(20)17-31/h2-3,7-8,16,19,21H,4-6,9-15,17-18H2,1H3,(H,27,28)/t19-/m0/s1. The molecule has 1 aromatic heterocycles. The Morgan fingerprint density at radius 2 is 1.79 bits per heavy atom. The summed E-state index contributed by atoms with van der Waals surface area (Å²) in [4.78, 5) is 32.5. The Morgan fingerprint density at radius 1 is 1.00 bits per heavy atom. The molecule has 1 aromatic carbocycles. The second-order valence-electron chi connectivity index (χ2n) is 9.91. The van der Waals surface area contributed by atoms with Gasteiger partial charge in [-0.3, -0.25) is 19.6 Å². The Balaban J connectivity index is 1.19. The lowest BCUT2D eigenvalue weighted by atomic mass is 9.90. The van der Waals surface area contributed by atoms with E-state index in [4.69, 9.17) is 0 Å². The second-order valence-corrected chi connectivity index (χ2v) is 9.91. The largest absolute Gasteiger partial charge is 0.342 e. The molecule has 0 bridgehead atoms. The number of carbonyl (C=O) groups is 2. The van der Waals surface area contributed by atoms with Crippen LogP contribution in [0.25, 0.3) is 0 Å². The number of aromatic amines is 1. The SMILES string of the molecule is C[C@H]1CCCCN1CC(=O)N1CCC(c2[nH]ncc2C(=O)N2CCc3ccccc3C2)CC1. The molecule has 2 fully saturated rings. The maximum Gasteiger partial charge on any atom is 0.257 e. The number of aromatic nitrogens is 2. The van der Waals surface area contributed by atoms with Gasteiger partial charge in [-0.25, -0.2) is 0 Å². The van der Waals surface area contributed by atoms with Gasteiger partial charge in [0.15, 0.2) is 0 Å². The summed E-state index contributed by atoms with van der Waals surface area (Å²) >= 11 is 0. The van der Waals surface area contributed by atoms with E-state index >= 15 is 0 Å². The van der Waals surface area contributed by atoms with Crippen molar-refractivity contribution >= 4 is 11.8 Å². The fraction of sp³-hybridized carbons (Fsp3) is 0.577. The molecule has 2 aromatic rings. The van der Waals surface area contributed by atoms with Crippen LogP contribution in [0.15, 0.2) is 30.5 Å². The third-order valence-electron chi connectivity index (χ3n) is 7.85. The number of rotatable bonds is 4. The van der Waals surface area contributed by atoms with E-state index in [0.29, 0.717) is 24.7 Å². The zero-order valence-corrected chi connectivity index (χ0v) is 19.6. The predicted molar refractivity (Wildman–Crippen MR) is 127 cm³/mol. The molecule has 2 saturated heterocycles. The lowest BCUT2D eigenvalue weighted by molar-refractivity contribution is -0.134. The van der Waals surface area contributed by atoms with E-state index in [9.17, 15) is 9.59 Å². The lowest BCUT2D eigenvalue weighted by Gasteiger charge is -2.37. The summed E-state index contributed by atoms with van der Waals surface area (Å²) in [6, 6.07) is 8.87. The van der Waals surface area contributed by atoms with Crippen molar-refractivity contribution in [1.29, 1.82) is 0 Å². The van der Waals surface area contributed by atoms with Gasteiger partial charge in [0.2, 0.25) is 5.91 Å². The van der Waals surface area contributed by atoms with Gasteiger partial charge < -0.3 is 9.80 Å². The first-order valence-corrected chi connectivity index (χ1v) is 12.5. The number of fused-ring (bicyclic) bond motifs is 1. The van der Waals surface area contributed by atoms with Gasteiger partial charge in [-0.05, 0) is 56.7 Å². The summed E-state index contributed by atoms with van der Waals surface area (Å²) in [5.41, 5.74) is 4.21. The number of amides is 2. The minimum absolute atomic E-state index is 0.0610. The fourth-order valence-electron chi connectivity index (χ4n) is 5.70. The normalized spacial score (nSPS) is 22.3.